The van der Waals surface area contributed by atoms with Crippen LogP contribution in [0.15, 0.2) is 45.8 Å². The lowest BCUT2D eigenvalue weighted by molar-refractivity contribution is 0.0939. The number of carbonyl (C=O) groups is 1. The Morgan fingerprint density at radius 3 is 2.41 bits per heavy atom. The largest absolute Gasteiger partial charge is 0.492 e. The number of sulfonamides is 1. The highest BCUT2D eigenvalue weighted by molar-refractivity contribution is 9.10. The Morgan fingerprint density at radius 2 is 1.89 bits per heavy atom. The number of hydrogen-bond donors (Lipinski definition) is 2. The number of methoxy groups -OCH3 is 1. The topological polar surface area (TPSA) is 108 Å². The van der Waals surface area contributed by atoms with Gasteiger partial charge in [-0.3, -0.25) is 4.79 Å². The molecule has 0 fully saturated rings. The summed E-state index contributed by atoms with van der Waals surface area (Å²) in [5.74, 6) is 0.673. The van der Waals surface area contributed by atoms with E-state index in [1.165, 1.54) is 19.2 Å². The molecule has 0 bridgehead atoms. The molecule has 1 atom stereocenters. The van der Waals surface area contributed by atoms with E-state index in [-0.39, 0.29) is 16.8 Å². The number of benzene rings is 2. The minimum Gasteiger partial charge on any atom is -0.492 e. The van der Waals surface area contributed by atoms with Gasteiger partial charge >= 0.3 is 0 Å². The molecule has 0 radical (unpaired) electrons. The Kier molecular flexibility index (Phi) is 6.85. The van der Waals surface area contributed by atoms with Crippen LogP contribution in [0.25, 0.3) is 0 Å². The number of nitrogens with two attached hydrogens (primary N) is 1. The first-order valence-electron chi connectivity index (χ1n) is 8.11. The van der Waals surface area contributed by atoms with Crippen molar-refractivity contribution in [2.45, 2.75) is 24.8 Å². The summed E-state index contributed by atoms with van der Waals surface area (Å²) in [6.07, 6.45) is 0. The summed E-state index contributed by atoms with van der Waals surface area (Å²) in [6.45, 7) is 4.07. The summed E-state index contributed by atoms with van der Waals surface area (Å²) in [5.41, 5.74) is 1.15. The van der Waals surface area contributed by atoms with Crippen molar-refractivity contribution in [3.63, 3.8) is 0 Å². The Hall–Kier alpha value is -2.10. The second-order valence-electron chi connectivity index (χ2n) is 5.73. The fourth-order valence-electron chi connectivity index (χ4n) is 2.47. The highest BCUT2D eigenvalue weighted by Crippen LogP contribution is 2.36. The minimum atomic E-state index is -3.75. The van der Waals surface area contributed by atoms with Gasteiger partial charge in [0.1, 0.15) is 0 Å². The molecule has 3 N–H and O–H groups in total. The van der Waals surface area contributed by atoms with E-state index in [9.17, 15) is 13.2 Å². The second kappa shape index (κ2) is 8.73. The SMILES string of the molecule is CCOc1cc(C(=O)NC(C)c2ccc(S(N)(=O)=O)cc2)cc(Br)c1OC. The van der Waals surface area contributed by atoms with Crippen LogP contribution < -0.4 is 19.9 Å². The van der Waals surface area contributed by atoms with Gasteiger partial charge in [-0.1, -0.05) is 12.1 Å². The molecule has 2 aromatic carbocycles. The highest BCUT2D eigenvalue weighted by Gasteiger charge is 2.18. The van der Waals surface area contributed by atoms with Gasteiger partial charge in [-0.15, -0.1) is 0 Å². The molecule has 0 saturated heterocycles. The predicted molar refractivity (Wildman–Crippen MR) is 106 cm³/mol. The van der Waals surface area contributed by atoms with Gasteiger partial charge in [0, 0.05) is 5.56 Å². The summed E-state index contributed by atoms with van der Waals surface area (Å²) in [6, 6.07) is 8.95. The number of ether oxygens (including phenoxy) is 2. The van der Waals surface area contributed by atoms with Gasteiger partial charge in [-0.2, -0.15) is 0 Å². The van der Waals surface area contributed by atoms with E-state index in [0.29, 0.717) is 28.1 Å². The van der Waals surface area contributed by atoms with Gasteiger partial charge in [0.2, 0.25) is 10.0 Å². The molecule has 9 heteroatoms. The van der Waals surface area contributed by atoms with Crippen LogP contribution in [-0.4, -0.2) is 28.0 Å². The quantitative estimate of drug-likeness (QED) is 0.665. The molecule has 0 spiro atoms. The Bertz CT molecular complexity index is 930. The van der Waals surface area contributed by atoms with Gasteiger partial charge < -0.3 is 14.8 Å². The number of primary sulfonamides is 1. The molecule has 0 aliphatic carbocycles. The van der Waals surface area contributed by atoms with Crippen LogP contribution in [0, 0.1) is 0 Å². The van der Waals surface area contributed by atoms with Crippen molar-refractivity contribution in [1.29, 1.82) is 0 Å². The third kappa shape index (κ3) is 5.21. The molecule has 146 valence electrons. The zero-order chi connectivity index (χ0) is 20.2. The van der Waals surface area contributed by atoms with Gasteiger partial charge in [-0.05, 0) is 59.6 Å². The monoisotopic (exact) mass is 456 g/mol. The summed E-state index contributed by atoms with van der Waals surface area (Å²) >= 11 is 3.38. The normalized spacial score (nSPS) is 12.3. The smallest absolute Gasteiger partial charge is 0.251 e. The second-order valence-corrected chi connectivity index (χ2v) is 8.15. The molecule has 7 nitrogen and oxygen atoms in total. The van der Waals surface area contributed by atoms with Crippen molar-refractivity contribution in [1.82, 2.24) is 5.32 Å². The molecule has 1 amide bonds. The molecule has 2 rings (SSSR count). The third-order valence-corrected chi connectivity index (χ3v) is 5.35. The summed E-state index contributed by atoms with van der Waals surface area (Å²) in [4.78, 5) is 12.6. The molecule has 0 saturated carbocycles. The average molecular weight is 457 g/mol. The highest BCUT2D eigenvalue weighted by atomic mass is 79.9. The zero-order valence-electron chi connectivity index (χ0n) is 15.2. The third-order valence-electron chi connectivity index (χ3n) is 3.83. The van der Waals surface area contributed by atoms with Crippen LogP contribution in [-0.2, 0) is 10.0 Å². The minimum absolute atomic E-state index is 0.0187. The maximum atomic E-state index is 12.6. The van der Waals surface area contributed by atoms with E-state index in [1.54, 1.807) is 31.2 Å². The van der Waals surface area contributed by atoms with Crippen LogP contribution in [0.5, 0.6) is 11.5 Å². The van der Waals surface area contributed by atoms with Crippen molar-refractivity contribution < 1.29 is 22.7 Å². The van der Waals surface area contributed by atoms with E-state index < -0.39 is 10.0 Å². The summed E-state index contributed by atoms with van der Waals surface area (Å²) < 4.78 is 34.1. The molecule has 0 aliphatic rings. The Morgan fingerprint density at radius 1 is 1.26 bits per heavy atom. The van der Waals surface area contributed by atoms with Gasteiger partial charge in [0.15, 0.2) is 11.5 Å². The fourth-order valence-corrected chi connectivity index (χ4v) is 3.59. The molecule has 0 aromatic heterocycles. The van der Waals surface area contributed by atoms with Crippen molar-refractivity contribution in [3.8, 4) is 11.5 Å². The summed E-state index contributed by atoms with van der Waals surface area (Å²) in [5, 5.41) is 7.96. The predicted octanol–water partition coefficient (Wildman–Crippen LogP) is 2.99. The lowest BCUT2D eigenvalue weighted by Gasteiger charge is -2.17. The molecule has 2 aromatic rings. The number of rotatable bonds is 7. The molecular weight excluding hydrogens is 436 g/mol. The lowest BCUT2D eigenvalue weighted by Crippen LogP contribution is -2.26. The van der Waals surface area contributed by atoms with Crippen LogP contribution in [0.1, 0.15) is 35.8 Å². The first-order chi connectivity index (χ1) is 12.7. The maximum Gasteiger partial charge on any atom is 0.251 e. The van der Waals surface area contributed by atoms with Gasteiger partial charge in [0.05, 0.1) is 29.1 Å². The van der Waals surface area contributed by atoms with Crippen molar-refractivity contribution in [3.05, 3.63) is 52.0 Å². The van der Waals surface area contributed by atoms with E-state index in [4.69, 9.17) is 14.6 Å². The molecule has 27 heavy (non-hydrogen) atoms. The number of hydrogen-bond acceptors (Lipinski definition) is 5. The van der Waals surface area contributed by atoms with E-state index in [2.05, 4.69) is 21.2 Å². The van der Waals surface area contributed by atoms with E-state index >= 15 is 0 Å². The van der Waals surface area contributed by atoms with Crippen LogP contribution >= 0.6 is 15.9 Å². The Labute approximate surface area is 167 Å². The van der Waals surface area contributed by atoms with E-state index in [0.717, 1.165) is 5.56 Å². The first-order valence-corrected chi connectivity index (χ1v) is 10.4. The molecule has 1 unspecified atom stereocenters. The Balaban J connectivity index is 2.21. The molecule has 0 aliphatic heterocycles. The molecule has 0 heterocycles. The van der Waals surface area contributed by atoms with Gasteiger partial charge in [-0.25, -0.2) is 13.6 Å². The molecular formula is C18H21BrN2O5S. The maximum absolute atomic E-state index is 12.6. The van der Waals surface area contributed by atoms with E-state index in [1.807, 2.05) is 6.92 Å². The number of halogens is 1. The first kappa shape index (κ1) is 21.2. The lowest BCUT2D eigenvalue weighted by atomic mass is 10.1. The van der Waals surface area contributed by atoms with Crippen molar-refractivity contribution >= 4 is 31.9 Å². The van der Waals surface area contributed by atoms with Crippen LogP contribution in [0.4, 0.5) is 0 Å². The number of carbonyl (C=O) groups excluding carboxylic acids is 1. The number of amides is 1. The van der Waals surface area contributed by atoms with Crippen molar-refractivity contribution in [2.24, 2.45) is 5.14 Å². The average Bonchev–Trinajstić information content (AvgIpc) is 2.61. The van der Waals surface area contributed by atoms with Gasteiger partial charge in [0.25, 0.3) is 5.91 Å². The standard InChI is InChI=1S/C18H21BrN2O5S/c1-4-26-16-10-13(9-15(19)17(16)25-3)18(22)21-11(2)12-5-7-14(8-6-12)27(20,23)24/h5-11H,4H2,1-3H3,(H,21,22)(H2,20,23,24). The van der Waals surface area contributed by atoms with Crippen LogP contribution in [0.2, 0.25) is 0 Å². The fraction of sp³-hybridized carbons (Fsp3) is 0.278. The zero-order valence-corrected chi connectivity index (χ0v) is 17.6. The number of nitrogens with one attached hydrogen (secondary N) is 1. The van der Waals surface area contributed by atoms with Crippen LogP contribution in [0.3, 0.4) is 0 Å². The summed E-state index contributed by atoms with van der Waals surface area (Å²) in [7, 11) is -2.23. The van der Waals surface area contributed by atoms with Crippen molar-refractivity contribution in [2.75, 3.05) is 13.7 Å².